The van der Waals surface area contributed by atoms with Gasteiger partial charge in [0.1, 0.15) is 18.0 Å². The van der Waals surface area contributed by atoms with Gasteiger partial charge in [-0.1, -0.05) is 0 Å². The average Bonchev–Trinajstić information content (AvgIpc) is 3.30. The summed E-state index contributed by atoms with van der Waals surface area (Å²) in [5.41, 5.74) is 1.77. The molecule has 0 aromatic carbocycles. The number of rotatable bonds is 3. The molecule has 0 N–H and O–H groups in total. The summed E-state index contributed by atoms with van der Waals surface area (Å²) in [7, 11) is 0. The Morgan fingerprint density at radius 1 is 0.964 bits per heavy atom. The van der Waals surface area contributed by atoms with Crippen LogP contribution in [0, 0.1) is 6.92 Å². The number of hydrogen-bond donors (Lipinski definition) is 0. The van der Waals surface area contributed by atoms with Gasteiger partial charge in [0.15, 0.2) is 11.5 Å². The van der Waals surface area contributed by atoms with Gasteiger partial charge in [-0.25, -0.2) is 4.98 Å². The molecule has 5 heterocycles. The summed E-state index contributed by atoms with van der Waals surface area (Å²) in [5, 5.41) is 17.7. The lowest BCUT2D eigenvalue weighted by atomic mass is 10.3. The Balaban J connectivity index is 1.26. The van der Waals surface area contributed by atoms with Crippen LogP contribution in [-0.2, 0) is 0 Å². The van der Waals surface area contributed by atoms with Crippen molar-refractivity contribution in [1.82, 2.24) is 39.4 Å². The smallest absolute Gasteiger partial charge is 0.254 e. The molecule has 0 spiro atoms. The highest BCUT2D eigenvalue weighted by atomic mass is 15.4. The Morgan fingerprint density at radius 3 is 2.61 bits per heavy atom. The van der Waals surface area contributed by atoms with Crippen molar-refractivity contribution in [2.24, 2.45) is 0 Å². The summed E-state index contributed by atoms with van der Waals surface area (Å²) < 4.78 is 3.73. The predicted molar refractivity (Wildman–Crippen MR) is 103 cm³/mol. The van der Waals surface area contributed by atoms with Gasteiger partial charge in [-0.05, 0) is 31.9 Å². The summed E-state index contributed by atoms with van der Waals surface area (Å²) >= 11 is 0. The van der Waals surface area contributed by atoms with Crippen LogP contribution in [0.1, 0.15) is 30.3 Å². The van der Waals surface area contributed by atoms with Crippen LogP contribution in [-0.4, -0.2) is 65.6 Å². The lowest BCUT2D eigenvalue weighted by Gasteiger charge is -2.36. The first-order chi connectivity index (χ1) is 13.8. The lowest BCUT2D eigenvalue weighted by molar-refractivity contribution is 0.626. The van der Waals surface area contributed by atoms with Crippen LogP contribution in [0.15, 0.2) is 24.5 Å². The molecule has 1 saturated heterocycles. The van der Waals surface area contributed by atoms with Gasteiger partial charge in [0.25, 0.3) is 5.78 Å². The van der Waals surface area contributed by atoms with Crippen LogP contribution in [0.25, 0.3) is 11.4 Å². The standard InChI is InChI=1S/C18H20N10/c1-12-10-16(28-18(21-12)19-11-20-28)26-8-6-25(7-9-26)15-5-4-14-22-23-17(13-2-3-13)27(14)24-15/h4-5,10-11,13H,2-3,6-9H2,1H3. The number of anilines is 2. The van der Waals surface area contributed by atoms with E-state index in [4.69, 9.17) is 5.10 Å². The largest absolute Gasteiger partial charge is 0.353 e. The molecule has 0 amide bonds. The Bertz CT molecular complexity index is 1170. The van der Waals surface area contributed by atoms with E-state index in [0.717, 1.165) is 55.0 Å². The van der Waals surface area contributed by atoms with Crippen molar-refractivity contribution in [3.05, 3.63) is 36.0 Å². The predicted octanol–water partition coefficient (Wildman–Crippen LogP) is 1.07. The zero-order chi connectivity index (χ0) is 18.7. The van der Waals surface area contributed by atoms with Gasteiger partial charge in [-0.3, -0.25) is 0 Å². The van der Waals surface area contributed by atoms with Gasteiger partial charge in [-0.2, -0.15) is 19.1 Å². The van der Waals surface area contributed by atoms with E-state index < -0.39 is 0 Å². The monoisotopic (exact) mass is 376 g/mol. The van der Waals surface area contributed by atoms with Gasteiger partial charge in [0, 0.05) is 43.9 Å². The van der Waals surface area contributed by atoms with E-state index >= 15 is 0 Å². The summed E-state index contributed by atoms with van der Waals surface area (Å²) in [6.45, 7) is 5.53. The Morgan fingerprint density at radius 2 is 1.79 bits per heavy atom. The molecule has 28 heavy (non-hydrogen) atoms. The molecule has 10 heteroatoms. The van der Waals surface area contributed by atoms with Crippen molar-refractivity contribution in [3.8, 4) is 0 Å². The van der Waals surface area contributed by atoms with Crippen LogP contribution in [0.3, 0.4) is 0 Å². The number of hydrogen-bond acceptors (Lipinski definition) is 8. The number of fused-ring (bicyclic) bond motifs is 2. The summed E-state index contributed by atoms with van der Waals surface area (Å²) in [4.78, 5) is 13.3. The third-order valence-electron chi connectivity index (χ3n) is 5.50. The number of aryl methyl sites for hydroxylation is 1. The Labute approximate surface area is 160 Å². The van der Waals surface area contributed by atoms with Crippen LogP contribution in [0.2, 0.25) is 0 Å². The van der Waals surface area contributed by atoms with Crippen molar-refractivity contribution < 1.29 is 0 Å². The molecule has 6 rings (SSSR count). The van der Waals surface area contributed by atoms with E-state index in [1.807, 2.05) is 28.1 Å². The molecule has 2 aliphatic rings. The van der Waals surface area contributed by atoms with Crippen molar-refractivity contribution >= 4 is 23.1 Å². The van der Waals surface area contributed by atoms with Crippen molar-refractivity contribution in [2.45, 2.75) is 25.7 Å². The van der Waals surface area contributed by atoms with Gasteiger partial charge in [0.2, 0.25) is 0 Å². The van der Waals surface area contributed by atoms with Crippen LogP contribution >= 0.6 is 0 Å². The Hall–Kier alpha value is -3.30. The van der Waals surface area contributed by atoms with Crippen LogP contribution < -0.4 is 9.80 Å². The van der Waals surface area contributed by atoms with Gasteiger partial charge < -0.3 is 9.80 Å². The molecule has 1 saturated carbocycles. The topological polar surface area (TPSA) is 92.6 Å². The van der Waals surface area contributed by atoms with Crippen molar-refractivity contribution in [1.29, 1.82) is 0 Å². The molecule has 0 bridgehead atoms. The maximum absolute atomic E-state index is 4.84. The highest BCUT2D eigenvalue weighted by molar-refractivity contribution is 5.51. The first-order valence-corrected chi connectivity index (χ1v) is 9.66. The highest BCUT2D eigenvalue weighted by Gasteiger charge is 2.29. The van der Waals surface area contributed by atoms with E-state index in [0.29, 0.717) is 11.7 Å². The van der Waals surface area contributed by atoms with Crippen molar-refractivity contribution in [3.63, 3.8) is 0 Å². The molecular weight excluding hydrogens is 356 g/mol. The molecule has 4 aromatic rings. The fraction of sp³-hybridized carbons (Fsp3) is 0.444. The van der Waals surface area contributed by atoms with E-state index in [2.05, 4.69) is 41.1 Å². The average molecular weight is 376 g/mol. The number of aromatic nitrogens is 8. The molecule has 4 aromatic heterocycles. The van der Waals surface area contributed by atoms with Gasteiger partial charge in [0.05, 0.1) is 0 Å². The third kappa shape index (κ3) is 2.48. The molecule has 0 atom stereocenters. The summed E-state index contributed by atoms with van der Waals surface area (Å²) in [5.74, 6) is 4.18. The zero-order valence-corrected chi connectivity index (χ0v) is 15.6. The van der Waals surface area contributed by atoms with E-state index in [9.17, 15) is 0 Å². The maximum Gasteiger partial charge on any atom is 0.254 e. The highest BCUT2D eigenvalue weighted by Crippen LogP contribution is 2.38. The minimum Gasteiger partial charge on any atom is -0.353 e. The summed E-state index contributed by atoms with van der Waals surface area (Å²) in [6, 6.07) is 6.13. The Kier molecular flexibility index (Phi) is 3.28. The first kappa shape index (κ1) is 15.7. The normalized spacial score (nSPS) is 17.8. The molecular formula is C18H20N10. The maximum atomic E-state index is 4.84. The fourth-order valence-electron chi connectivity index (χ4n) is 3.86. The second-order valence-electron chi connectivity index (χ2n) is 7.50. The van der Waals surface area contributed by atoms with Crippen LogP contribution in [0.4, 0.5) is 11.6 Å². The second-order valence-corrected chi connectivity index (χ2v) is 7.50. The molecule has 1 aliphatic carbocycles. The molecule has 10 nitrogen and oxygen atoms in total. The molecule has 0 radical (unpaired) electrons. The molecule has 1 aliphatic heterocycles. The fourth-order valence-corrected chi connectivity index (χ4v) is 3.86. The molecule has 0 unspecified atom stereocenters. The van der Waals surface area contributed by atoms with E-state index in [-0.39, 0.29) is 0 Å². The van der Waals surface area contributed by atoms with Gasteiger partial charge >= 0.3 is 0 Å². The minimum atomic E-state index is 0.523. The van der Waals surface area contributed by atoms with E-state index in [1.54, 1.807) is 6.33 Å². The quantitative estimate of drug-likeness (QED) is 0.524. The second kappa shape index (κ2) is 5.85. The first-order valence-electron chi connectivity index (χ1n) is 9.66. The van der Waals surface area contributed by atoms with Gasteiger partial charge in [-0.15, -0.1) is 15.3 Å². The summed E-state index contributed by atoms with van der Waals surface area (Å²) in [6.07, 6.45) is 3.93. The number of nitrogens with zero attached hydrogens (tertiary/aromatic N) is 10. The van der Waals surface area contributed by atoms with E-state index in [1.165, 1.54) is 12.8 Å². The zero-order valence-electron chi connectivity index (χ0n) is 15.6. The molecule has 2 fully saturated rings. The van der Waals surface area contributed by atoms with Crippen molar-refractivity contribution in [2.75, 3.05) is 36.0 Å². The SMILES string of the molecule is Cc1cc(N2CCN(c3ccc4nnc(C5CC5)n4n3)CC2)n2ncnc2n1. The molecule has 142 valence electrons. The number of piperazine rings is 1. The lowest BCUT2D eigenvalue weighted by Crippen LogP contribution is -2.47. The third-order valence-corrected chi connectivity index (χ3v) is 5.50. The van der Waals surface area contributed by atoms with Crippen LogP contribution in [0.5, 0.6) is 0 Å². The minimum absolute atomic E-state index is 0.523.